The van der Waals surface area contributed by atoms with Crippen molar-refractivity contribution in [3.8, 4) is 29.0 Å². The molecule has 4 rings (SSSR count). The molecular weight excluding hydrogens is 376 g/mol. The van der Waals surface area contributed by atoms with E-state index in [4.69, 9.17) is 9.68 Å². The number of amides is 1. The maximum atomic E-state index is 12.5. The van der Waals surface area contributed by atoms with Gasteiger partial charge in [-0.3, -0.25) is 4.79 Å². The van der Waals surface area contributed by atoms with E-state index in [2.05, 4.69) is 21.6 Å². The first-order chi connectivity index (χ1) is 14.6. The van der Waals surface area contributed by atoms with Gasteiger partial charge in [-0.05, 0) is 61.0 Å². The monoisotopic (exact) mass is 394 g/mol. The zero-order valence-electron chi connectivity index (χ0n) is 16.3. The molecule has 0 aliphatic carbocycles. The Hall–Kier alpha value is -4.24. The molecule has 0 unspecified atom stereocenters. The lowest BCUT2D eigenvalue weighted by atomic mass is 10.1. The fourth-order valence-corrected chi connectivity index (χ4v) is 2.92. The summed E-state index contributed by atoms with van der Waals surface area (Å²) < 4.78 is 5.78. The summed E-state index contributed by atoms with van der Waals surface area (Å²) >= 11 is 0. The van der Waals surface area contributed by atoms with Crippen LogP contribution in [0, 0.1) is 18.3 Å². The summed E-state index contributed by atoms with van der Waals surface area (Å²) in [5.74, 6) is 0.623. The van der Waals surface area contributed by atoms with Crippen molar-refractivity contribution in [2.24, 2.45) is 0 Å². The van der Waals surface area contributed by atoms with Crippen LogP contribution in [0.2, 0.25) is 0 Å². The van der Waals surface area contributed by atoms with E-state index < -0.39 is 0 Å². The molecule has 0 aliphatic heterocycles. The molecule has 1 amide bonds. The van der Waals surface area contributed by atoms with Gasteiger partial charge in [0, 0.05) is 22.4 Å². The van der Waals surface area contributed by atoms with E-state index >= 15 is 0 Å². The van der Waals surface area contributed by atoms with Crippen molar-refractivity contribution >= 4 is 11.6 Å². The lowest BCUT2D eigenvalue weighted by Gasteiger charge is -2.06. The number of rotatable bonds is 5. The van der Waals surface area contributed by atoms with Crippen molar-refractivity contribution in [3.05, 3.63) is 89.5 Å². The second-order valence-corrected chi connectivity index (χ2v) is 6.84. The van der Waals surface area contributed by atoms with Crippen molar-refractivity contribution in [2.45, 2.75) is 13.3 Å². The number of benzene rings is 3. The number of aryl methyl sites for hydroxylation is 1. The molecule has 1 N–H and O–H groups in total. The third kappa shape index (κ3) is 4.26. The lowest BCUT2D eigenvalue weighted by Crippen LogP contribution is -2.11. The minimum Gasteiger partial charge on any atom is -0.416 e. The molecule has 0 radical (unpaired) electrons. The number of nitrogens with one attached hydrogen (secondary N) is 1. The minimum atomic E-state index is -0.222. The average molecular weight is 394 g/mol. The molecule has 1 heterocycles. The molecule has 146 valence electrons. The Morgan fingerprint density at radius 1 is 0.900 bits per heavy atom. The van der Waals surface area contributed by atoms with E-state index in [0.29, 0.717) is 29.5 Å². The number of carbonyl (C=O) groups excluding carboxylic acids is 1. The van der Waals surface area contributed by atoms with Gasteiger partial charge in [0.25, 0.3) is 5.91 Å². The van der Waals surface area contributed by atoms with Gasteiger partial charge in [0.2, 0.25) is 11.8 Å². The largest absolute Gasteiger partial charge is 0.416 e. The second-order valence-electron chi connectivity index (χ2n) is 6.84. The van der Waals surface area contributed by atoms with Gasteiger partial charge in [-0.25, -0.2) is 0 Å². The Bertz CT molecular complexity index is 1200. The number of nitrogens with zero attached hydrogens (tertiary/aromatic N) is 3. The van der Waals surface area contributed by atoms with Gasteiger partial charge in [0.15, 0.2) is 0 Å². The van der Waals surface area contributed by atoms with Crippen molar-refractivity contribution in [1.82, 2.24) is 10.2 Å². The summed E-state index contributed by atoms with van der Waals surface area (Å²) in [6, 6.07) is 24.1. The molecule has 0 atom stereocenters. The van der Waals surface area contributed by atoms with Crippen molar-refractivity contribution in [2.75, 3.05) is 5.32 Å². The molecule has 30 heavy (non-hydrogen) atoms. The van der Waals surface area contributed by atoms with Crippen LogP contribution in [0.5, 0.6) is 0 Å². The summed E-state index contributed by atoms with van der Waals surface area (Å²) in [6.07, 6.45) is 0.344. The molecule has 1 aromatic heterocycles. The zero-order valence-corrected chi connectivity index (χ0v) is 16.3. The Kier molecular flexibility index (Phi) is 5.35. The van der Waals surface area contributed by atoms with Gasteiger partial charge in [0.1, 0.15) is 0 Å². The topological polar surface area (TPSA) is 91.8 Å². The van der Waals surface area contributed by atoms with Crippen LogP contribution in [0.25, 0.3) is 22.9 Å². The van der Waals surface area contributed by atoms with Crippen LogP contribution in [-0.4, -0.2) is 16.1 Å². The summed E-state index contributed by atoms with van der Waals surface area (Å²) in [4.78, 5) is 12.5. The molecule has 4 aromatic rings. The molecule has 0 saturated carbocycles. The number of anilines is 1. The summed E-state index contributed by atoms with van der Waals surface area (Å²) in [6.45, 7) is 2.02. The standard InChI is InChI=1S/C24H18N4O2/c1-16-2-6-19(7-3-16)23-27-28-24(30-23)20-10-8-18(9-11-20)22(29)26-21-12-4-17(5-13-21)14-15-25/h2-13H,14H2,1H3,(H,26,29). The maximum absolute atomic E-state index is 12.5. The molecule has 3 aromatic carbocycles. The summed E-state index contributed by atoms with van der Waals surface area (Å²) in [5, 5.41) is 19.8. The molecule has 6 nitrogen and oxygen atoms in total. The Balaban J connectivity index is 1.45. The highest BCUT2D eigenvalue weighted by Crippen LogP contribution is 2.24. The van der Waals surface area contributed by atoms with Gasteiger partial charge in [-0.1, -0.05) is 29.8 Å². The fraction of sp³-hybridized carbons (Fsp3) is 0.0833. The minimum absolute atomic E-state index is 0.222. The van der Waals surface area contributed by atoms with E-state index in [1.807, 2.05) is 43.3 Å². The average Bonchev–Trinajstić information content (AvgIpc) is 3.26. The van der Waals surface area contributed by atoms with Crippen molar-refractivity contribution in [1.29, 1.82) is 5.26 Å². The fourth-order valence-electron chi connectivity index (χ4n) is 2.92. The Labute approximate surface area is 173 Å². The highest BCUT2D eigenvalue weighted by molar-refractivity contribution is 6.04. The van der Waals surface area contributed by atoms with E-state index in [1.165, 1.54) is 0 Å². The van der Waals surface area contributed by atoms with Crippen LogP contribution >= 0.6 is 0 Å². The third-order valence-corrected chi connectivity index (χ3v) is 4.61. The van der Waals surface area contributed by atoms with Crippen LogP contribution in [0.4, 0.5) is 5.69 Å². The van der Waals surface area contributed by atoms with E-state index in [1.54, 1.807) is 36.4 Å². The Morgan fingerprint density at radius 3 is 2.03 bits per heavy atom. The smallest absolute Gasteiger partial charge is 0.255 e. The summed E-state index contributed by atoms with van der Waals surface area (Å²) in [5.41, 5.74) is 4.84. The third-order valence-electron chi connectivity index (χ3n) is 4.61. The van der Waals surface area contributed by atoms with Gasteiger partial charge < -0.3 is 9.73 Å². The number of hydrogen-bond donors (Lipinski definition) is 1. The van der Waals surface area contributed by atoms with Gasteiger partial charge in [0.05, 0.1) is 12.5 Å². The van der Waals surface area contributed by atoms with Crippen LogP contribution in [-0.2, 0) is 6.42 Å². The molecule has 0 spiro atoms. The summed E-state index contributed by atoms with van der Waals surface area (Å²) in [7, 11) is 0. The van der Waals surface area contributed by atoms with Crippen LogP contribution in [0.3, 0.4) is 0 Å². The predicted octanol–water partition coefficient (Wildman–Crippen LogP) is 5.03. The van der Waals surface area contributed by atoms with Crippen molar-refractivity contribution in [3.63, 3.8) is 0 Å². The van der Waals surface area contributed by atoms with Gasteiger partial charge in [-0.2, -0.15) is 5.26 Å². The Morgan fingerprint density at radius 2 is 1.47 bits per heavy atom. The van der Waals surface area contributed by atoms with E-state index in [0.717, 1.165) is 22.3 Å². The molecule has 0 saturated heterocycles. The molecule has 6 heteroatoms. The van der Waals surface area contributed by atoms with Gasteiger partial charge >= 0.3 is 0 Å². The predicted molar refractivity (Wildman–Crippen MR) is 114 cm³/mol. The molecule has 0 fully saturated rings. The van der Waals surface area contributed by atoms with Crippen LogP contribution in [0.1, 0.15) is 21.5 Å². The maximum Gasteiger partial charge on any atom is 0.255 e. The second kappa shape index (κ2) is 8.41. The van der Waals surface area contributed by atoms with Crippen LogP contribution < -0.4 is 5.32 Å². The first-order valence-corrected chi connectivity index (χ1v) is 9.40. The van der Waals surface area contributed by atoms with E-state index in [-0.39, 0.29) is 5.91 Å². The number of carbonyl (C=O) groups is 1. The molecule has 0 bridgehead atoms. The zero-order chi connectivity index (χ0) is 20.9. The quantitative estimate of drug-likeness (QED) is 0.512. The highest BCUT2D eigenvalue weighted by atomic mass is 16.4. The molecule has 0 aliphatic rings. The number of aromatic nitrogens is 2. The highest BCUT2D eigenvalue weighted by Gasteiger charge is 2.12. The van der Waals surface area contributed by atoms with E-state index in [9.17, 15) is 4.79 Å². The number of nitriles is 1. The lowest BCUT2D eigenvalue weighted by molar-refractivity contribution is 0.102. The van der Waals surface area contributed by atoms with Crippen LogP contribution in [0.15, 0.2) is 77.2 Å². The number of hydrogen-bond acceptors (Lipinski definition) is 5. The first-order valence-electron chi connectivity index (χ1n) is 9.40. The first kappa shape index (κ1) is 19.1. The van der Waals surface area contributed by atoms with Crippen molar-refractivity contribution < 1.29 is 9.21 Å². The van der Waals surface area contributed by atoms with Gasteiger partial charge in [-0.15, -0.1) is 10.2 Å². The SMILES string of the molecule is Cc1ccc(-c2nnc(-c3ccc(C(=O)Nc4ccc(CC#N)cc4)cc3)o2)cc1. The normalized spacial score (nSPS) is 10.4. The molecular formula is C24H18N4O2.